The van der Waals surface area contributed by atoms with E-state index in [9.17, 15) is 8.78 Å². The smallest absolute Gasteiger partial charge is 0.204 e. The van der Waals surface area contributed by atoms with Gasteiger partial charge in [0.05, 0.1) is 7.11 Å². The highest BCUT2D eigenvalue weighted by Gasteiger charge is 2.12. The number of rotatable bonds is 6. The van der Waals surface area contributed by atoms with Crippen molar-refractivity contribution in [3.63, 3.8) is 0 Å². The summed E-state index contributed by atoms with van der Waals surface area (Å²) in [5, 5.41) is 6.01. The van der Waals surface area contributed by atoms with Crippen molar-refractivity contribution < 1.29 is 13.5 Å². The SMILES string of the molecule is CCNc1ncnc(NCc2ccc(F)cc2F)c1OC. The van der Waals surface area contributed by atoms with Gasteiger partial charge in [-0.2, -0.15) is 0 Å². The van der Waals surface area contributed by atoms with Gasteiger partial charge in [0.15, 0.2) is 11.6 Å². The van der Waals surface area contributed by atoms with Gasteiger partial charge in [0.2, 0.25) is 5.75 Å². The molecule has 1 heterocycles. The fourth-order valence-corrected chi connectivity index (χ4v) is 1.83. The van der Waals surface area contributed by atoms with Crippen molar-refractivity contribution >= 4 is 11.6 Å². The molecule has 2 aromatic rings. The van der Waals surface area contributed by atoms with E-state index in [1.165, 1.54) is 25.6 Å². The molecule has 0 unspecified atom stereocenters. The zero-order valence-corrected chi connectivity index (χ0v) is 11.8. The summed E-state index contributed by atoms with van der Waals surface area (Å²) in [5.74, 6) is 0.221. The van der Waals surface area contributed by atoms with Crippen LogP contribution in [0.1, 0.15) is 12.5 Å². The Balaban J connectivity index is 2.17. The molecule has 0 saturated carbocycles. The van der Waals surface area contributed by atoms with Gasteiger partial charge in [0.1, 0.15) is 18.0 Å². The Kier molecular flexibility index (Phi) is 4.86. The lowest BCUT2D eigenvalue weighted by Gasteiger charge is -2.13. The second kappa shape index (κ2) is 6.83. The minimum Gasteiger partial charge on any atom is -0.490 e. The molecule has 0 atom stereocenters. The molecule has 0 bridgehead atoms. The molecule has 1 aromatic carbocycles. The number of halogens is 2. The van der Waals surface area contributed by atoms with Crippen LogP contribution in [0.15, 0.2) is 24.5 Å². The number of aromatic nitrogens is 2. The maximum absolute atomic E-state index is 13.6. The van der Waals surface area contributed by atoms with Gasteiger partial charge in [-0.05, 0) is 13.0 Å². The Labute approximate surface area is 121 Å². The zero-order chi connectivity index (χ0) is 15.2. The van der Waals surface area contributed by atoms with E-state index in [2.05, 4.69) is 20.6 Å². The quantitative estimate of drug-likeness (QED) is 0.858. The van der Waals surface area contributed by atoms with E-state index in [-0.39, 0.29) is 6.54 Å². The van der Waals surface area contributed by atoms with Crippen molar-refractivity contribution in [3.05, 3.63) is 41.7 Å². The highest BCUT2D eigenvalue weighted by atomic mass is 19.1. The Morgan fingerprint density at radius 1 is 1.14 bits per heavy atom. The summed E-state index contributed by atoms with van der Waals surface area (Å²) in [6.07, 6.45) is 1.38. The molecule has 0 spiro atoms. The van der Waals surface area contributed by atoms with Crippen LogP contribution in [0.2, 0.25) is 0 Å². The largest absolute Gasteiger partial charge is 0.490 e. The molecule has 0 amide bonds. The molecule has 112 valence electrons. The average Bonchev–Trinajstić information content (AvgIpc) is 2.47. The van der Waals surface area contributed by atoms with Crippen LogP contribution in [0.3, 0.4) is 0 Å². The van der Waals surface area contributed by atoms with E-state index >= 15 is 0 Å². The Bertz CT molecular complexity index is 622. The van der Waals surface area contributed by atoms with Crippen LogP contribution in [-0.2, 0) is 6.54 Å². The van der Waals surface area contributed by atoms with Crippen LogP contribution >= 0.6 is 0 Å². The maximum Gasteiger partial charge on any atom is 0.204 e. The summed E-state index contributed by atoms with van der Waals surface area (Å²) >= 11 is 0. The van der Waals surface area contributed by atoms with Crippen LogP contribution in [-0.4, -0.2) is 23.6 Å². The van der Waals surface area contributed by atoms with Crippen molar-refractivity contribution in [3.8, 4) is 5.75 Å². The van der Waals surface area contributed by atoms with Crippen LogP contribution in [0.25, 0.3) is 0 Å². The first-order chi connectivity index (χ1) is 10.2. The minimum absolute atomic E-state index is 0.158. The van der Waals surface area contributed by atoms with Crippen molar-refractivity contribution in [2.24, 2.45) is 0 Å². The van der Waals surface area contributed by atoms with Crippen LogP contribution in [0.4, 0.5) is 20.4 Å². The number of anilines is 2. The molecule has 0 fully saturated rings. The first-order valence-corrected chi connectivity index (χ1v) is 6.46. The fraction of sp³-hybridized carbons (Fsp3) is 0.286. The lowest BCUT2D eigenvalue weighted by atomic mass is 10.2. The lowest BCUT2D eigenvalue weighted by Crippen LogP contribution is -2.09. The number of ether oxygens (including phenoxy) is 1. The highest BCUT2D eigenvalue weighted by Crippen LogP contribution is 2.29. The Hall–Kier alpha value is -2.44. The number of benzene rings is 1. The van der Waals surface area contributed by atoms with Crippen molar-refractivity contribution in [2.75, 3.05) is 24.3 Å². The van der Waals surface area contributed by atoms with E-state index < -0.39 is 11.6 Å². The number of nitrogens with one attached hydrogen (secondary N) is 2. The van der Waals surface area contributed by atoms with Crippen molar-refractivity contribution in [1.29, 1.82) is 0 Å². The number of hydrogen-bond acceptors (Lipinski definition) is 5. The second-order valence-electron chi connectivity index (χ2n) is 4.22. The molecule has 0 radical (unpaired) electrons. The van der Waals surface area contributed by atoms with Gasteiger partial charge >= 0.3 is 0 Å². The monoisotopic (exact) mass is 294 g/mol. The molecule has 5 nitrogen and oxygen atoms in total. The standard InChI is InChI=1S/C14H16F2N4O/c1-3-17-13-12(21-2)14(20-8-19-13)18-7-9-4-5-10(15)6-11(9)16/h4-6,8H,3,7H2,1-2H3,(H2,17,18,19,20). The van der Waals surface area contributed by atoms with Crippen LogP contribution in [0, 0.1) is 11.6 Å². The number of nitrogens with zero attached hydrogens (tertiary/aromatic N) is 2. The predicted molar refractivity (Wildman–Crippen MR) is 76.4 cm³/mol. The average molecular weight is 294 g/mol. The molecule has 21 heavy (non-hydrogen) atoms. The van der Waals surface area contributed by atoms with Gasteiger partial charge < -0.3 is 15.4 Å². The first kappa shape index (κ1) is 15.0. The molecule has 0 aliphatic heterocycles. The molecule has 0 aliphatic rings. The molecule has 2 N–H and O–H groups in total. The van der Waals surface area contributed by atoms with Gasteiger partial charge in [-0.1, -0.05) is 6.07 Å². The van der Waals surface area contributed by atoms with Crippen molar-refractivity contribution in [2.45, 2.75) is 13.5 Å². The second-order valence-corrected chi connectivity index (χ2v) is 4.22. The van der Waals surface area contributed by atoms with Gasteiger partial charge in [-0.15, -0.1) is 0 Å². The van der Waals surface area contributed by atoms with E-state index in [1.807, 2.05) is 6.92 Å². The van der Waals surface area contributed by atoms with Gasteiger partial charge in [0.25, 0.3) is 0 Å². The third-order valence-corrected chi connectivity index (χ3v) is 2.81. The summed E-state index contributed by atoms with van der Waals surface area (Å²) in [7, 11) is 1.50. The van der Waals surface area contributed by atoms with Gasteiger partial charge in [-0.25, -0.2) is 18.7 Å². The van der Waals surface area contributed by atoms with Gasteiger partial charge in [0, 0.05) is 24.7 Å². The van der Waals surface area contributed by atoms with Crippen molar-refractivity contribution in [1.82, 2.24) is 9.97 Å². The Morgan fingerprint density at radius 2 is 1.86 bits per heavy atom. The molecule has 1 aromatic heterocycles. The zero-order valence-electron chi connectivity index (χ0n) is 11.8. The Morgan fingerprint density at radius 3 is 2.48 bits per heavy atom. The lowest BCUT2D eigenvalue weighted by molar-refractivity contribution is 0.414. The van der Waals surface area contributed by atoms with Crippen LogP contribution in [0.5, 0.6) is 5.75 Å². The molecular formula is C14H16F2N4O. The summed E-state index contributed by atoms with van der Waals surface area (Å²) in [4.78, 5) is 8.14. The third kappa shape index (κ3) is 3.56. The fourth-order valence-electron chi connectivity index (χ4n) is 1.83. The molecule has 0 saturated heterocycles. The molecular weight excluding hydrogens is 278 g/mol. The summed E-state index contributed by atoms with van der Waals surface area (Å²) in [5.41, 5.74) is 0.335. The molecule has 7 heteroatoms. The first-order valence-electron chi connectivity index (χ1n) is 6.46. The normalized spacial score (nSPS) is 10.3. The molecule has 2 rings (SSSR count). The summed E-state index contributed by atoms with van der Waals surface area (Å²) in [6, 6.07) is 3.44. The molecule has 0 aliphatic carbocycles. The van der Waals surface area contributed by atoms with E-state index in [0.717, 1.165) is 6.07 Å². The van der Waals surface area contributed by atoms with Crippen LogP contribution < -0.4 is 15.4 Å². The number of hydrogen-bond donors (Lipinski definition) is 2. The van der Waals surface area contributed by atoms with E-state index in [1.54, 1.807) is 0 Å². The summed E-state index contributed by atoms with van der Waals surface area (Å²) < 4.78 is 31.7. The predicted octanol–water partition coefficient (Wildman–Crippen LogP) is 2.81. The third-order valence-electron chi connectivity index (χ3n) is 2.81. The van der Waals surface area contributed by atoms with Gasteiger partial charge in [-0.3, -0.25) is 0 Å². The highest BCUT2D eigenvalue weighted by molar-refractivity contribution is 5.63. The topological polar surface area (TPSA) is 59.1 Å². The maximum atomic E-state index is 13.6. The van der Waals surface area contributed by atoms with E-state index in [0.29, 0.717) is 29.5 Å². The number of methoxy groups -OCH3 is 1. The summed E-state index contributed by atoms with van der Waals surface area (Å²) in [6.45, 7) is 2.77. The minimum atomic E-state index is -0.609. The van der Waals surface area contributed by atoms with E-state index in [4.69, 9.17) is 4.74 Å².